The van der Waals surface area contributed by atoms with Crippen LogP contribution >= 0.6 is 0 Å². The topological polar surface area (TPSA) is 65.1 Å². The molecule has 1 aromatic carbocycles. The summed E-state index contributed by atoms with van der Waals surface area (Å²) in [6.07, 6.45) is 0.194. The molecule has 0 radical (unpaired) electrons. The van der Waals surface area contributed by atoms with Crippen molar-refractivity contribution in [3.8, 4) is 11.5 Å². The molecular formula is C14H19NO5. The van der Waals surface area contributed by atoms with Crippen molar-refractivity contribution < 1.29 is 23.8 Å². The summed E-state index contributed by atoms with van der Waals surface area (Å²) in [5.41, 5.74) is 0. The third-order valence-electron chi connectivity index (χ3n) is 2.66. The highest BCUT2D eigenvalue weighted by atomic mass is 16.5. The smallest absolute Gasteiger partial charge is 0.325 e. The van der Waals surface area contributed by atoms with Gasteiger partial charge in [0, 0.05) is 7.05 Å². The van der Waals surface area contributed by atoms with Gasteiger partial charge in [0.15, 0.2) is 0 Å². The normalized spacial score (nSPS) is 9.75. The van der Waals surface area contributed by atoms with Crippen LogP contribution in [0.15, 0.2) is 24.3 Å². The first-order valence-corrected chi connectivity index (χ1v) is 6.14. The minimum atomic E-state index is -0.447. The molecule has 0 unspecified atom stereocenters. The zero-order chi connectivity index (χ0) is 15.0. The molecule has 20 heavy (non-hydrogen) atoms. The molecule has 0 aliphatic rings. The Labute approximate surface area is 118 Å². The number of ether oxygens (including phenoxy) is 3. The summed E-state index contributed by atoms with van der Waals surface area (Å²) in [7, 11) is 4.42. The molecule has 0 fully saturated rings. The minimum absolute atomic E-state index is 0.0577. The van der Waals surface area contributed by atoms with Crippen LogP contribution < -0.4 is 9.47 Å². The number of carbonyl (C=O) groups excluding carboxylic acids is 2. The largest absolute Gasteiger partial charge is 0.497 e. The molecule has 0 aliphatic heterocycles. The maximum atomic E-state index is 11.7. The third kappa shape index (κ3) is 5.17. The lowest BCUT2D eigenvalue weighted by Gasteiger charge is -2.15. The van der Waals surface area contributed by atoms with Gasteiger partial charge in [-0.05, 0) is 24.3 Å². The van der Waals surface area contributed by atoms with Gasteiger partial charge in [0.05, 0.1) is 27.2 Å². The van der Waals surface area contributed by atoms with E-state index in [4.69, 9.17) is 9.47 Å². The predicted octanol–water partition coefficient (Wildman–Crippen LogP) is 1.10. The molecular weight excluding hydrogens is 262 g/mol. The number of amides is 1. The van der Waals surface area contributed by atoms with Crippen molar-refractivity contribution in [1.82, 2.24) is 4.90 Å². The number of methoxy groups -OCH3 is 2. The van der Waals surface area contributed by atoms with Gasteiger partial charge >= 0.3 is 5.97 Å². The van der Waals surface area contributed by atoms with Gasteiger partial charge in [0.25, 0.3) is 0 Å². The van der Waals surface area contributed by atoms with E-state index >= 15 is 0 Å². The number of nitrogens with zero attached hydrogens (tertiary/aromatic N) is 1. The number of likely N-dealkylation sites (N-methyl/N-ethyl adjacent to an activating group) is 1. The highest BCUT2D eigenvalue weighted by Crippen LogP contribution is 2.17. The van der Waals surface area contributed by atoms with Crippen molar-refractivity contribution in [2.75, 3.05) is 34.4 Å². The van der Waals surface area contributed by atoms with Crippen LogP contribution in [0.3, 0.4) is 0 Å². The van der Waals surface area contributed by atoms with Crippen LogP contribution in [0.4, 0.5) is 0 Å². The fourth-order valence-corrected chi connectivity index (χ4v) is 1.47. The number of esters is 1. The molecule has 0 heterocycles. The molecule has 1 amide bonds. The molecule has 0 atom stereocenters. The Hall–Kier alpha value is -2.24. The first-order valence-electron chi connectivity index (χ1n) is 6.14. The summed E-state index contributed by atoms with van der Waals surface area (Å²) in [6.45, 7) is 0.189. The van der Waals surface area contributed by atoms with Crippen molar-refractivity contribution in [1.29, 1.82) is 0 Å². The van der Waals surface area contributed by atoms with Gasteiger partial charge in [-0.2, -0.15) is 0 Å². The molecule has 0 aromatic heterocycles. The van der Waals surface area contributed by atoms with Crippen molar-refractivity contribution in [3.63, 3.8) is 0 Å². The molecule has 110 valence electrons. The summed E-state index contributed by atoms with van der Waals surface area (Å²) in [4.78, 5) is 24.0. The highest BCUT2D eigenvalue weighted by Gasteiger charge is 2.12. The van der Waals surface area contributed by atoms with Crippen LogP contribution in [0.5, 0.6) is 11.5 Å². The van der Waals surface area contributed by atoms with Gasteiger partial charge in [-0.1, -0.05) is 0 Å². The second-order valence-electron chi connectivity index (χ2n) is 4.10. The molecule has 0 spiro atoms. The highest BCUT2D eigenvalue weighted by molar-refractivity contribution is 5.81. The van der Waals surface area contributed by atoms with E-state index in [9.17, 15) is 9.59 Å². The van der Waals surface area contributed by atoms with Gasteiger partial charge in [-0.15, -0.1) is 0 Å². The predicted molar refractivity (Wildman–Crippen MR) is 72.8 cm³/mol. The number of hydrogen-bond acceptors (Lipinski definition) is 5. The van der Waals surface area contributed by atoms with Crippen molar-refractivity contribution in [2.24, 2.45) is 0 Å². The monoisotopic (exact) mass is 281 g/mol. The second kappa shape index (κ2) is 8.04. The average Bonchev–Trinajstić information content (AvgIpc) is 2.47. The Bertz CT molecular complexity index is 443. The molecule has 0 saturated heterocycles. The summed E-state index contributed by atoms with van der Waals surface area (Å²) >= 11 is 0. The fourth-order valence-electron chi connectivity index (χ4n) is 1.47. The van der Waals surface area contributed by atoms with Crippen LogP contribution in [0.1, 0.15) is 6.42 Å². The van der Waals surface area contributed by atoms with Gasteiger partial charge in [0.2, 0.25) is 5.91 Å². The van der Waals surface area contributed by atoms with Crippen LogP contribution in [0.2, 0.25) is 0 Å². The summed E-state index contributed by atoms with van der Waals surface area (Å²) in [5, 5.41) is 0. The lowest BCUT2D eigenvalue weighted by molar-refractivity contribution is -0.146. The molecule has 6 nitrogen and oxygen atoms in total. The van der Waals surface area contributed by atoms with Crippen LogP contribution in [0, 0.1) is 0 Å². The molecule has 0 saturated carbocycles. The molecule has 1 aromatic rings. The molecule has 6 heteroatoms. The quantitative estimate of drug-likeness (QED) is 0.700. The van der Waals surface area contributed by atoms with Gasteiger partial charge < -0.3 is 19.1 Å². The van der Waals surface area contributed by atoms with Crippen molar-refractivity contribution in [2.45, 2.75) is 6.42 Å². The summed E-state index contributed by atoms with van der Waals surface area (Å²) in [6, 6.07) is 7.09. The minimum Gasteiger partial charge on any atom is -0.497 e. The van der Waals surface area contributed by atoms with Gasteiger partial charge in [0.1, 0.15) is 18.0 Å². The molecule has 1 rings (SSSR count). The SMILES string of the molecule is COC(=O)CN(C)C(=O)CCOc1ccc(OC)cc1. The van der Waals surface area contributed by atoms with Gasteiger partial charge in [-0.25, -0.2) is 0 Å². The lowest BCUT2D eigenvalue weighted by Crippen LogP contribution is -2.33. The first kappa shape index (κ1) is 15.8. The van der Waals surface area contributed by atoms with Gasteiger partial charge in [-0.3, -0.25) is 9.59 Å². The Balaban J connectivity index is 2.32. The van der Waals surface area contributed by atoms with E-state index < -0.39 is 5.97 Å². The number of carbonyl (C=O) groups is 2. The third-order valence-corrected chi connectivity index (χ3v) is 2.66. The van der Waals surface area contributed by atoms with E-state index in [2.05, 4.69) is 4.74 Å². The summed E-state index contributed by atoms with van der Waals surface area (Å²) in [5.74, 6) is 0.779. The van der Waals surface area contributed by atoms with E-state index in [1.807, 2.05) is 0 Å². The molecule has 0 N–H and O–H groups in total. The standard InChI is InChI=1S/C14H19NO5/c1-15(10-14(17)19-3)13(16)8-9-20-12-6-4-11(18-2)5-7-12/h4-7H,8-10H2,1-3H3. The first-order chi connectivity index (χ1) is 9.56. The number of rotatable bonds is 7. The van der Waals surface area contributed by atoms with E-state index in [-0.39, 0.29) is 25.5 Å². The van der Waals surface area contributed by atoms with E-state index in [0.29, 0.717) is 5.75 Å². The Morgan fingerprint density at radius 2 is 1.70 bits per heavy atom. The van der Waals surface area contributed by atoms with Crippen LogP contribution in [0.25, 0.3) is 0 Å². The zero-order valence-corrected chi connectivity index (χ0v) is 11.9. The van der Waals surface area contributed by atoms with E-state index in [0.717, 1.165) is 5.75 Å². The fraction of sp³-hybridized carbons (Fsp3) is 0.429. The molecule has 0 aliphatic carbocycles. The van der Waals surface area contributed by atoms with Crippen molar-refractivity contribution >= 4 is 11.9 Å². The van der Waals surface area contributed by atoms with Crippen LogP contribution in [-0.4, -0.2) is 51.2 Å². The Kier molecular flexibility index (Phi) is 6.36. The van der Waals surface area contributed by atoms with Crippen LogP contribution in [-0.2, 0) is 14.3 Å². The maximum absolute atomic E-state index is 11.7. The average molecular weight is 281 g/mol. The number of hydrogen-bond donors (Lipinski definition) is 0. The van der Waals surface area contributed by atoms with E-state index in [1.165, 1.54) is 12.0 Å². The maximum Gasteiger partial charge on any atom is 0.325 e. The lowest BCUT2D eigenvalue weighted by atomic mass is 10.3. The Morgan fingerprint density at radius 1 is 1.10 bits per heavy atom. The second-order valence-corrected chi connectivity index (χ2v) is 4.10. The number of benzene rings is 1. The zero-order valence-electron chi connectivity index (χ0n) is 11.9. The van der Waals surface area contributed by atoms with Crippen molar-refractivity contribution in [3.05, 3.63) is 24.3 Å². The molecule has 0 bridgehead atoms. The summed E-state index contributed by atoms with van der Waals surface area (Å²) < 4.78 is 15.0. The van der Waals surface area contributed by atoms with E-state index in [1.54, 1.807) is 38.4 Å². The Morgan fingerprint density at radius 3 is 2.25 bits per heavy atom.